The van der Waals surface area contributed by atoms with Crippen LogP contribution in [0.1, 0.15) is 258 Å². The summed E-state index contributed by atoms with van der Waals surface area (Å²) in [5.41, 5.74) is 0. The van der Waals surface area contributed by atoms with Crippen LogP contribution >= 0.6 is 0 Å². The van der Waals surface area contributed by atoms with Crippen molar-refractivity contribution in [1.82, 2.24) is 0 Å². The van der Waals surface area contributed by atoms with E-state index >= 15 is 0 Å². The highest BCUT2D eigenvalue weighted by Crippen LogP contribution is 2.13. The van der Waals surface area contributed by atoms with E-state index < -0.39 is 6.10 Å². The van der Waals surface area contributed by atoms with Crippen molar-refractivity contribution in [3.05, 3.63) is 146 Å². The number of hydrogen-bond acceptors (Lipinski definition) is 6. The average Bonchev–Trinajstić information content (AvgIpc) is 3.42. The van der Waals surface area contributed by atoms with Crippen LogP contribution in [0.5, 0.6) is 0 Å². The number of unbranched alkanes of at least 4 members (excludes halogenated alkanes) is 19. The summed E-state index contributed by atoms with van der Waals surface area (Å²) < 4.78 is 16.8. The Hall–Kier alpha value is -4.71. The number of hydrogen-bond donors (Lipinski definition) is 0. The Labute approximate surface area is 467 Å². The van der Waals surface area contributed by atoms with Crippen LogP contribution in [-0.2, 0) is 28.6 Å². The summed E-state index contributed by atoms with van der Waals surface area (Å²) in [6.45, 7) is 6.40. The second-order valence-corrected chi connectivity index (χ2v) is 19.9. The van der Waals surface area contributed by atoms with Gasteiger partial charge in [0.15, 0.2) is 6.10 Å². The normalized spacial score (nSPS) is 13.1. The van der Waals surface area contributed by atoms with Crippen LogP contribution in [0, 0.1) is 0 Å². The molecule has 6 heteroatoms. The molecule has 0 saturated carbocycles. The molecule has 0 aliphatic heterocycles. The standard InChI is InChI=1S/C70H112O6/c1-4-7-10-13-16-19-22-25-27-28-29-30-31-32-33-34-35-36-37-38-39-40-41-42-43-46-48-51-54-57-60-63-69(72)75-66-67(65-74-68(71)62-59-56-53-50-47-44-24-21-18-15-12-9-6-3)76-70(73)64-61-58-55-52-49-45-26-23-20-17-14-11-8-5-2/h7,10,12,15-16,19,21,23-27,29-30,32-33,35-36,38-39,41-42,46,48,67H,4-6,8-9,11,13-14,17-18,20,22,28,31,34,37,40,43-45,47,49-66H2,1-3H3/b10-7-,15-12-,19-16-,24-21-,26-23-,27-25-,30-29-,33-32-,36-35-,39-38-,42-41-,48-46-. The number of allylic oxidation sites excluding steroid dienone is 24. The minimum absolute atomic E-state index is 0.104. The lowest BCUT2D eigenvalue weighted by molar-refractivity contribution is -0.167. The summed E-state index contributed by atoms with van der Waals surface area (Å²) >= 11 is 0. The molecule has 0 rings (SSSR count). The van der Waals surface area contributed by atoms with Crippen LogP contribution in [0.2, 0.25) is 0 Å². The van der Waals surface area contributed by atoms with Gasteiger partial charge in [0.25, 0.3) is 0 Å². The summed E-state index contributed by atoms with van der Waals surface area (Å²) in [6.07, 6.45) is 89.9. The number of carbonyl (C=O) groups is 3. The van der Waals surface area contributed by atoms with Gasteiger partial charge in [0, 0.05) is 19.3 Å². The molecule has 0 aliphatic rings. The fraction of sp³-hybridized carbons (Fsp3) is 0.614. The SMILES string of the molecule is CC/C=C\C/C=C\C/C=C\C/C=C\C/C=C\C/C=C\C/C=C\C/C=C\C/C=C\CCCCCC(=O)OCC(COC(=O)CCCCCCC/C=C\C/C=C\CCC)OC(=O)CCCCCCC/C=C\CCCCCCC. The second-order valence-electron chi connectivity index (χ2n) is 19.9. The van der Waals surface area contributed by atoms with E-state index in [0.29, 0.717) is 19.3 Å². The number of esters is 3. The fourth-order valence-corrected chi connectivity index (χ4v) is 7.94. The molecule has 1 unspecified atom stereocenters. The lowest BCUT2D eigenvalue weighted by atomic mass is 10.1. The zero-order chi connectivity index (χ0) is 55.0. The Kier molecular flexibility index (Phi) is 58.9. The number of rotatable bonds is 54. The molecular formula is C70H112O6. The van der Waals surface area contributed by atoms with Gasteiger partial charge in [0.1, 0.15) is 13.2 Å². The molecule has 0 radical (unpaired) electrons. The molecule has 1 atom stereocenters. The summed E-state index contributed by atoms with van der Waals surface area (Å²) in [6, 6.07) is 0. The van der Waals surface area contributed by atoms with E-state index in [1.165, 1.54) is 51.4 Å². The van der Waals surface area contributed by atoms with E-state index in [9.17, 15) is 14.4 Å². The predicted octanol–water partition coefficient (Wildman–Crippen LogP) is 21.2. The van der Waals surface area contributed by atoms with Gasteiger partial charge in [0.2, 0.25) is 0 Å². The van der Waals surface area contributed by atoms with Crippen LogP contribution in [0.25, 0.3) is 0 Å². The van der Waals surface area contributed by atoms with Crippen molar-refractivity contribution >= 4 is 17.9 Å². The summed E-state index contributed by atoms with van der Waals surface area (Å²) in [4.78, 5) is 38.2. The van der Waals surface area contributed by atoms with Crippen molar-refractivity contribution in [2.45, 2.75) is 264 Å². The van der Waals surface area contributed by atoms with Crippen molar-refractivity contribution in [1.29, 1.82) is 0 Å². The van der Waals surface area contributed by atoms with Crippen LogP contribution in [0.3, 0.4) is 0 Å². The van der Waals surface area contributed by atoms with Gasteiger partial charge in [-0.15, -0.1) is 0 Å². The molecule has 0 aromatic carbocycles. The highest BCUT2D eigenvalue weighted by atomic mass is 16.6. The van der Waals surface area contributed by atoms with Gasteiger partial charge in [-0.3, -0.25) is 14.4 Å². The number of carbonyl (C=O) groups excluding carboxylic acids is 3. The van der Waals surface area contributed by atoms with Crippen LogP contribution in [0.4, 0.5) is 0 Å². The Balaban J connectivity index is 4.38. The van der Waals surface area contributed by atoms with E-state index in [2.05, 4.69) is 167 Å². The molecule has 0 fully saturated rings. The lowest BCUT2D eigenvalue weighted by Gasteiger charge is -2.18. The quantitative estimate of drug-likeness (QED) is 0.0261. The molecule has 0 aromatic rings. The van der Waals surface area contributed by atoms with Crippen LogP contribution < -0.4 is 0 Å². The van der Waals surface area contributed by atoms with Gasteiger partial charge < -0.3 is 14.2 Å². The van der Waals surface area contributed by atoms with Crippen LogP contribution in [0.15, 0.2) is 146 Å². The Morgan fingerprint density at radius 3 is 0.882 bits per heavy atom. The second kappa shape index (κ2) is 62.8. The van der Waals surface area contributed by atoms with Crippen LogP contribution in [-0.4, -0.2) is 37.2 Å². The van der Waals surface area contributed by atoms with Crippen molar-refractivity contribution in [2.75, 3.05) is 13.2 Å². The molecule has 76 heavy (non-hydrogen) atoms. The summed E-state index contributed by atoms with van der Waals surface area (Å²) in [5, 5.41) is 0. The van der Waals surface area contributed by atoms with E-state index in [0.717, 1.165) is 167 Å². The van der Waals surface area contributed by atoms with Gasteiger partial charge in [-0.1, -0.05) is 244 Å². The first-order valence-electron chi connectivity index (χ1n) is 30.8. The minimum Gasteiger partial charge on any atom is -0.462 e. The third-order valence-corrected chi connectivity index (χ3v) is 12.5. The Morgan fingerprint density at radius 1 is 0.276 bits per heavy atom. The first-order chi connectivity index (χ1) is 37.5. The fourth-order valence-electron chi connectivity index (χ4n) is 7.94. The Bertz CT molecular complexity index is 1680. The molecule has 0 heterocycles. The van der Waals surface area contributed by atoms with E-state index in [-0.39, 0.29) is 31.1 Å². The molecule has 428 valence electrons. The third kappa shape index (κ3) is 60.2. The van der Waals surface area contributed by atoms with Gasteiger partial charge >= 0.3 is 17.9 Å². The van der Waals surface area contributed by atoms with E-state index in [4.69, 9.17) is 14.2 Å². The summed E-state index contributed by atoms with van der Waals surface area (Å²) in [7, 11) is 0. The zero-order valence-electron chi connectivity index (χ0n) is 49.0. The van der Waals surface area contributed by atoms with Crippen molar-refractivity contribution in [2.24, 2.45) is 0 Å². The zero-order valence-corrected chi connectivity index (χ0v) is 49.0. The number of ether oxygens (including phenoxy) is 3. The maximum Gasteiger partial charge on any atom is 0.306 e. The van der Waals surface area contributed by atoms with Crippen molar-refractivity contribution < 1.29 is 28.6 Å². The maximum absolute atomic E-state index is 12.8. The van der Waals surface area contributed by atoms with Gasteiger partial charge in [-0.2, -0.15) is 0 Å². The summed E-state index contributed by atoms with van der Waals surface area (Å²) in [5.74, 6) is -0.964. The maximum atomic E-state index is 12.8. The van der Waals surface area contributed by atoms with Gasteiger partial charge in [-0.25, -0.2) is 0 Å². The molecule has 0 N–H and O–H groups in total. The largest absolute Gasteiger partial charge is 0.462 e. The molecule has 0 amide bonds. The van der Waals surface area contributed by atoms with Gasteiger partial charge in [0.05, 0.1) is 0 Å². The minimum atomic E-state index is -0.808. The van der Waals surface area contributed by atoms with Gasteiger partial charge in [-0.05, 0) is 141 Å². The third-order valence-electron chi connectivity index (χ3n) is 12.5. The molecule has 0 aromatic heterocycles. The van der Waals surface area contributed by atoms with Crippen molar-refractivity contribution in [3.63, 3.8) is 0 Å². The smallest absolute Gasteiger partial charge is 0.306 e. The van der Waals surface area contributed by atoms with E-state index in [1.807, 2.05) is 0 Å². The first kappa shape index (κ1) is 71.3. The average molecular weight is 1050 g/mol. The molecule has 0 spiro atoms. The van der Waals surface area contributed by atoms with Crippen molar-refractivity contribution in [3.8, 4) is 0 Å². The van der Waals surface area contributed by atoms with E-state index in [1.54, 1.807) is 0 Å². The lowest BCUT2D eigenvalue weighted by Crippen LogP contribution is -2.30. The monoisotopic (exact) mass is 1050 g/mol. The molecular weight excluding hydrogens is 937 g/mol. The molecule has 0 saturated heterocycles. The topological polar surface area (TPSA) is 78.9 Å². The first-order valence-corrected chi connectivity index (χ1v) is 30.8. The Morgan fingerprint density at radius 2 is 0.539 bits per heavy atom. The predicted molar refractivity (Wildman–Crippen MR) is 329 cm³/mol. The molecule has 0 bridgehead atoms. The molecule has 6 nitrogen and oxygen atoms in total. The molecule has 0 aliphatic carbocycles. The highest BCUT2D eigenvalue weighted by molar-refractivity contribution is 5.71. The highest BCUT2D eigenvalue weighted by Gasteiger charge is 2.19.